The van der Waals surface area contributed by atoms with E-state index >= 15 is 0 Å². The second-order valence-electron chi connectivity index (χ2n) is 4.02. The van der Waals surface area contributed by atoms with Crippen molar-refractivity contribution < 1.29 is 19.4 Å². The normalized spacial score (nSPS) is 11.1. The van der Waals surface area contributed by atoms with E-state index in [-0.39, 0.29) is 0 Å². The molecule has 0 aliphatic rings. The van der Waals surface area contributed by atoms with E-state index in [4.69, 9.17) is 14.6 Å². The van der Waals surface area contributed by atoms with Crippen LogP contribution >= 0.6 is 11.3 Å². The standard InChI is InChI=1S/C15H16O4S/c1-3-18-12-8-10-7-11(5-6-15(16)17)20-14(10)9-13(12)19-4-2/h5-9H,3-4H2,1-2H3,(H,16,17)/b6-5+. The molecule has 20 heavy (non-hydrogen) atoms. The number of carboxylic acids is 1. The zero-order valence-electron chi connectivity index (χ0n) is 11.4. The Morgan fingerprint density at radius 3 is 2.45 bits per heavy atom. The topological polar surface area (TPSA) is 55.8 Å². The van der Waals surface area contributed by atoms with Crippen LogP contribution in [0.2, 0.25) is 0 Å². The molecule has 1 aromatic carbocycles. The summed E-state index contributed by atoms with van der Waals surface area (Å²) in [6, 6.07) is 5.81. The Labute approximate surface area is 121 Å². The summed E-state index contributed by atoms with van der Waals surface area (Å²) in [4.78, 5) is 11.4. The van der Waals surface area contributed by atoms with Gasteiger partial charge in [-0.3, -0.25) is 0 Å². The van der Waals surface area contributed by atoms with Gasteiger partial charge in [0.15, 0.2) is 11.5 Å². The molecule has 1 aromatic heterocycles. The highest BCUT2D eigenvalue weighted by molar-refractivity contribution is 7.19. The molecule has 0 aliphatic heterocycles. The second-order valence-corrected chi connectivity index (χ2v) is 5.14. The van der Waals surface area contributed by atoms with Crippen LogP contribution in [0.5, 0.6) is 11.5 Å². The fraction of sp³-hybridized carbons (Fsp3) is 0.267. The van der Waals surface area contributed by atoms with E-state index in [0.29, 0.717) is 19.0 Å². The highest BCUT2D eigenvalue weighted by Gasteiger charge is 2.09. The third kappa shape index (κ3) is 3.30. The number of thiophene rings is 1. The number of rotatable bonds is 6. The number of hydrogen-bond donors (Lipinski definition) is 1. The Morgan fingerprint density at radius 2 is 1.85 bits per heavy atom. The molecule has 2 aromatic rings. The number of benzene rings is 1. The molecule has 0 amide bonds. The maximum Gasteiger partial charge on any atom is 0.328 e. The molecule has 0 atom stereocenters. The molecule has 1 N–H and O–H groups in total. The predicted octanol–water partition coefficient (Wildman–Crippen LogP) is 3.80. The molecule has 1 heterocycles. The average Bonchev–Trinajstić information content (AvgIpc) is 2.79. The molecular formula is C15H16O4S. The van der Waals surface area contributed by atoms with Crippen molar-refractivity contribution in [1.82, 2.24) is 0 Å². The Kier molecular flexibility index (Phi) is 4.63. The van der Waals surface area contributed by atoms with Crippen LogP contribution in [0, 0.1) is 0 Å². The summed E-state index contributed by atoms with van der Waals surface area (Å²) in [5, 5.41) is 9.68. The van der Waals surface area contributed by atoms with Gasteiger partial charge in [0, 0.05) is 21.7 Å². The van der Waals surface area contributed by atoms with Crippen LogP contribution < -0.4 is 9.47 Å². The SMILES string of the molecule is CCOc1cc2cc(/C=C/C(=O)O)sc2cc1OCC. The number of ether oxygens (including phenoxy) is 2. The first-order chi connectivity index (χ1) is 9.63. The van der Waals surface area contributed by atoms with E-state index in [0.717, 1.165) is 26.8 Å². The van der Waals surface area contributed by atoms with Gasteiger partial charge in [0.2, 0.25) is 0 Å². The largest absolute Gasteiger partial charge is 0.490 e. The summed E-state index contributed by atoms with van der Waals surface area (Å²) in [6.45, 7) is 4.99. The highest BCUT2D eigenvalue weighted by Crippen LogP contribution is 2.37. The summed E-state index contributed by atoms with van der Waals surface area (Å²) >= 11 is 1.52. The number of aliphatic carboxylic acids is 1. The summed E-state index contributed by atoms with van der Waals surface area (Å²) in [6.07, 6.45) is 2.73. The summed E-state index contributed by atoms with van der Waals surface area (Å²) in [5.41, 5.74) is 0. The third-order valence-corrected chi connectivity index (χ3v) is 3.65. The van der Waals surface area contributed by atoms with Gasteiger partial charge in [0.1, 0.15) is 0 Å². The third-order valence-electron chi connectivity index (χ3n) is 2.59. The first kappa shape index (κ1) is 14.4. The van der Waals surface area contributed by atoms with Crippen molar-refractivity contribution >= 4 is 33.5 Å². The van der Waals surface area contributed by atoms with Gasteiger partial charge in [0.05, 0.1) is 13.2 Å². The minimum Gasteiger partial charge on any atom is -0.490 e. The molecule has 0 unspecified atom stereocenters. The van der Waals surface area contributed by atoms with Crippen LogP contribution in [0.4, 0.5) is 0 Å². The maximum atomic E-state index is 10.5. The van der Waals surface area contributed by atoms with Crippen LogP contribution in [0.25, 0.3) is 16.2 Å². The lowest BCUT2D eigenvalue weighted by Gasteiger charge is -2.10. The van der Waals surface area contributed by atoms with Gasteiger partial charge in [-0.2, -0.15) is 0 Å². The molecule has 0 spiro atoms. The van der Waals surface area contributed by atoms with Crippen LogP contribution in [0.3, 0.4) is 0 Å². The van der Waals surface area contributed by atoms with Gasteiger partial charge in [-0.1, -0.05) is 0 Å². The van der Waals surface area contributed by atoms with Crippen molar-refractivity contribution in [3.05, 3.63) is 29.2 Å². The van der Waals surface area contributed by atoms with E-state index in [2.05, 4.69) is 0 Å². The Balaban J connectivity index is 2.43. The lowest BCUT2D eigenvalue weighted by Crippen LogP contribution is -1.97. The highest BCUT2D eigenvalue weighted by atomic mass is 32.1. The molecule has 0 bridgehead atoms. The van der Waals surface area contributed by atoms with Gasteiger partial charge < -0.3 is 14.6 Å². The summed E-state index contributed by atoms with van der Waals surface area (Å²) < 4.78 is 12.2. The predicted molar refractivity (Wildman–Crippen MR) is 80.8 cm³/mol. The first-order valence-electron chi connectivity index (χ1n) is 6.38. The minimum absolute atomic E-state index is 0.571. The monoisotopic (exact) mass is 292 g/mol. The fourth-order valence-corrected chi connectivity index (χ4v) is 2.82. The van der Waals surface area contributed by atoms with Crippen molar-refractivity contribution in [3.63, 3.8) is 0 Å². The molecule has 0 radical (unpaired) electrons. The molecule has 0 saturated carbocycles. The lowest BCUT2D eigenvalue weighted by atomic mass is 10.2. The van der Waals surface area contributed by atoms with Crippen molar-refractivity contribution in [2.45, 2.75) is 13.8 Å². The fourth-order valence-electron chi connectivity index (χ4n) is 1.84. The van der Waals surface area contributed by atoms with E-state index in [1.807, 2.05) is 32.0 Å². The Morgan fingerprint density at radius 1 is 1.20 bits per heavy atom. The van der Waals surface area contributed by atoms with Crippen LogP contribution in [0.1, 0.15) is 18.7 Å². The van der Waals surface area contributed by atoms with Crippen molar-refractivity contribution in [2.24, 2.45) is 0 Å². The van der Waals surface area contributed by atoms with Crippen LogP contribution in [0.15, 0.2) is 24.3 Å². The van der Waals surface area contributed by atoms with Crippen molar-refractivity contribution in [2.75, 3.05) is 13.2 Å². The summed E-state index contributed by atoms with van der Waals surface area (Å²) in [7, 11) is 0. The first-order valence-corrected chi connectivity index (χ1v) is 7.20. The van der Waals surface area contributed by atoms with Gasteiger partial charge in [-0.15, -0.1) is 11.3 Å². The molecule has 106 valence electrons. The Hall–Kier alpha value is -2.01. The molecule has 0 aliphatic carbocycles. The molecule has 2 rings (SSSR count). The van der Waals surface area contributed by atoms with Gasteiger partial charge in [-0.05, 0) is 37.4 Å². The van der Waals surface area contributed by atoms with E-state index in [1.54, 1.807) is 6.08 Å². The maximum absolute atomic E-state index is 10.5. The number of hydrogen-bond acceptors (Lipinski definition) is 4. The summed E-state index contributed by atoms with van der Waals surface area (Å²) in [5.74, 6) is 0.485. The zero-order chi connectivity index (χ0) is 14.5. The van der Waals surface area contributed by atoms with E-state index in [9.17, 15) is 4.79 Å². The smallest absolute Gasteiger partial charge is 0.328 e. The van der Waals surface area contributed by atoms with E-state index < -0.39 is 5.97 Å². The lowest BCUT2D eigenvalue weighted by molar-refractivity contribution is -0.131. The van der Waals surface area contributed by atoms with Gasteiger partial charge in [-0.25, -0.2) is 4.79 Å². The Bertz CT molecular complexity index is 600. The second kappa shape index (κ2) is 6.43. The number of fused-ring (bicyclic) bond motifs is 1. The number of carboxylic acid groups (broad SMARTS) is 1. The molecule has 0 saturated heterocycles. The molecule has 5 heteroatoms. The number of carbonyl (C=O) groups is 1. The molecule has 0 fully saturated rings. The van der Waals surface area contributed by atoms with Crippen molar-refractivity contribution in [1.29, 1.82) is 0 Å². The van der Waals surface area contributed by atoms with Gasteiger partial charge >= 0.3 is 5.97 Å². The van der Waals surface area contributed by atoms with Crippen molar-refractivity contribution in [3.8, 4) is 11.5 Å². The van der Waals surface area contributed by atoms with Crippen LogP contribution in [-0.2, 0) is 4.79 Å². The van der Waals surface area contributed by atoms with Gasteiger partial charge in [0.25, 0.3) is 0 Å². The molecular weight excluding hydrogens is 276 g/mol. The molecule has 4 nitrogen and oxygen atoms in total. The minimum atomic E-state index is -0.951. The quantitative estimate of drug-likeness (QED) is 0.823. The zero-order valence-corrected chi connectivity index (χ0v) is 12.2. The average molecular weight is 292 g/mol. The van der Waals surface area contributed by atoms with E-state index in [1.165, 1.54) is 11.3 Å². The van der Waals surface area contributed by atoms with Crippen LogP contribution in [-0.4, -0.2) is 24.3 Å².